The van der Waals surface area contributed by atoms with E-state index in [0.29, 0.717) is 5.75 Å². The van der Waals surface area contributed by atoms with Crippen molar-refractivity contribution in [2.45, 2.75) is 40.0 Å². The standard InChI is InChI=1S/C18H22O/c1-12-10-11-15(14(3)13(12)2)18(4,5)16-8-6-7-9-17(16)19/h6-11,19H,1-5H3. The fraction of sp³-hybridized carbons (Fsp3) is 0.333. The number of aryl methyl sites for hydroxylation is 1. The molecular weight excluding hydrogens is 232 g/mol. The van der Waals surface area contributed by atoms with E-state index >= 15 is 0 Å². The molecule has 0 atom stereocenters. The van der Waals surface area contributed by atoms with Crippen LogP contribution < -0.4 is 0 Å². The van der Waals surface area contributed by atoms with Gasteiger partial charge in [-0.15, -0.1) is 0 Å². The Hall–Kier alpha value is -1.76. The molecule has 0 bridgehead atoms. The minimum absolute atomic E-state index is 0.201. The third-order valence-electron chi connectivity index (χ3n) is 4.31. The molecule has 1 N–H and O–H groups in total. The van der Waals surface area contributed by atoms with E-state index in [1.165, 1.54) is 22.3 Å². The molecule has 0 aromatic heterocycles. The van der Waals surface area contributed by atoms with Crippen LogP contribution in [0.1, 0.15) is 41.7 Å². The monoisotopic (exact) mass is 254 g/mol. The Morgan fingerprint density at radius 2 is 1.42 bits per heavy atom. The molecule has 2 aromatic carbocycles. The van der Waals surface area contributed by atoms with Gasteiger partial charge >= 0.3 is 0 Å². The summed E-state index contributed by atoms with van der Waals surface area (Å²) in [6.07, 6.45) is 0. The second-order valence-electron chi connectivity index (χ2n) is 5.82. The maximum absolute atomic E-state index is 10.1. The van der Waals surface area contributed by atoms with E-state index in [9.17, 15) is 5.11 Å². The molecule has 0 aliphatic rings. The maximum atomic E-state index is 10.1. The molecule has 0 radical (unpaired) electrons. The molecule has 19 heavy (non-hydrogen) atoms. The number of hydrogen-bond acceptors (Lipinski definition) is 1. The van der Waals surface area contributed by atoms with E-state index in [0.717, 1.165) is 5.56 Å². The minimum Gasteiger partial charge on any atom is -0.508 e. The van der Waals surface area contributed by atoms with E-state index in [2.05, 4.69) is 46.8 Å². The molecule has 100 valence electrons. The Morgan fingerprint density at radius 3 is 2.05 bits per heavy atom. The number of para-hydroxylation sites is 1. The van der Waals surface area contributed by atoms with Crippen molar-refractivity contribution >= 4 is 0 Å². The Bertz CT molecular complexity index is 609. The molecule has 1 heteroatoms. The van der Waals surface area contributed by atoms with Gasteiger partial charge in [0, 0.05) is 11.0 Å². The number of phenolic OH excluding ortho intramolecular Hbond substituents is 1. The molecule has 1 nitrogen and oxygen atoms in total. The van der Waals surface area contributed by atoms with Gasteiger partial charge in [0.25, 0.3) is 0 Å². The van der Waals surface area contributed by atoms with E-state index in [4.69, 9.17) is 0 Å². The number of phenols is 1. The molecule has 0 aliphatic carbocycles. The van der Waals surface area contributed by atoms with Crippen molar-refractivity contribution in [3.63, 3.8) is 0 Å². The summed E-state index contributed by atoms with van der Waals surface area (Å²) in [5.41, 5.74) is 6.01. The molecule has 2 aromatic rings. The third-order valence-corrected chi connectivity index (χ3v) is 4.31. The lowest BCUT2D eigenvalue weighted by molar-refractivity contribution is 0.453. The van der Waals surface area contributed by atoms with Crippen molar-refractivity contribution in [3.8, 4) is 5.75 Å². The zero-order valence-electron chi connectivity index (χ0n) is 12.4. The molecule has 0 fully saturated rings. The van der Waals surface area contributed by atoms with Gasteiger partial charge in [0.15, 0.2) is 0 Å². The molecule has 0 aliphatic heterocycles. The van der Waals surface area contributed by atoms with Crippen molar-refractivity contribution in [2.24, 2.45) is 0 Å². The molecule has 0 heterocycles. The minimum atomic E-state index is -0.201. The van der Waals surface area contributed by atoms with Crippen LogP contribution in [0.5, 0.6) is 5.75 Å². The summed E-state index contributed by atoms with van der Waals surface area (Å²) in [5, 5.41) is 10.1. The Balaban J connectivity index is 2.64. The summed E-state index contributed by atoms with van der Waals surface area (Å²) in [7, 11) is 0. The van der Waals surface area contributed by atoms with Gasteiger partial charge < -0.3 is 5.11 Å². The third kappa shape index (κ3) is 2.25. The van der Waals surface area contributed by atoms with E-state index in [-0.39, 0.29) is 5.41 Å². The van der Waals surface area contributed by atoms with Crippen LogP contribution in [0.4, 0.5) is 0 Å². The van der Waals surface area contributed by atoms with Crippen LogP contribution >= 0.6 is 0 Å². The van der Waals surface area contributed by atoms with Crippen molar-refractivity contribution < 1.29 is 5.11 Å². The van der Waals surface area contributed by atoms with Gasteiger partial charge in [0.1, 0.15) is 5.75 Å². The fourth-order valence-electron chi connectivity index (χ4n) is 2.78. The zero-order chi connectivity index (χ0) is 14.2. The Kier molecular flexibility index (Phi) is 3.40. The van der Waals surface area contributed by atoms with Gasteiger partial charge in [0.05, 0.1) is 0 Å². The van der Waals surface area contributed by atoms with Crippen LogP contribution in [0, 0.1) is 20.8 Å². The first-order chi connectivity index (χ1) is 8.85. The average Bonchev–Trinajstić information content (AvgIpc) is 2.36. The highest BCUT2D eigenvalue weighted by Gasteiger charge is 2.27. The van der Waals surface area contributed by atoms with Gasteiger partial charge in [0.2, 0.25) is 0 Å². The first-order valence-electron chi connectivity index (χ1n) is 6.71. The predicted molar refractivity (Wildman–Crippen MR) is 80.9 cm³/mol. The summed E-state index contributed by atoms with van der Waals surface area (Å²) >= 11 is 0. The quantitative estimate of drug-likeness (QED) is 0.827. The van der Waals surface area contributed by atoms with Crippen molar-refractivity contribution in [3.05, 3.63) is 64.2 Å². The van der Waals surface area contributed by atoms with Crippen LogP contribution in [0.2, 0.25) is 0 Å². The lowest BCUT2D eigenvalue weighted by Crippen LogP contribution is -2.21. The van der Waals surface area contributed by atoms with Gasteiger partial charge in [-0.1, -0.05) is 44.2 Å². The largest absolute Gasteiger partial charge is 0.508 e. The summed E-state index contributed by atoms with van der Waals surface area (Å²) in [6.45, 7) is 10.8. The average molecular weight is 254 g/mol. The second-order valence-corrected chi connectivity index (χ2v) is 5.82. The summed E-state index contributed by atoms with van der Waals surface area (Å²) < 4.78 is 0. The van der Waals surface area contributed by atoms with Gasteiger partial charge in [-0.05, 0) is 49.1 Å². The van der Waals surface area contributed by atoms with Crippen molar-refractivity contribution in [2.75, 3.05) is 0 Å². The summed E-state index contributed by atoms with van der Waals surface area (Å²) in [6, 6.07) is 12.0. The number of aromatic hydroxyl groups is 1. The normalized spacial score (nSPS) is 11.6. The first kappa shape index (κ1) is 13.7. The highest BCUT2D eigenvalue weighted by Crippen LogP contribution is 2.39. The van der Waals surface area contributed by atoms with Crippen LogP contribution in [-0.4, -0.2) is 5.11 Å². The molecular formula is C18H22O. The number of rotatable bonds is 2. The Morgan fingerprint density at radius 1 is 0.789 bits per heavy atom. The summed E-state index contributed by atoms with van der Waals surface area (Å²) in [5.74, 6) is 0.366. The fourth-order valence-corrected chi connectivity index (χ4v) is 2.78. The van der Waals surface area contributed by atoms with E-state index < -0.39 is 0 Å². The lowest BCUT2D eigenvalue weighted by Gasteiger charge is -2.29. The molecule has 0 saturated carbocycles. The zero-order valence-corrected chi connectivity index (χ0v) is 12.4. The summed E-state index contributed by atoms with van der Waals surface area (Å²) in [4.78, 5) is 0. The van der Waals surface area contributed by atoms with Crippen molar-refractivity contribution in [1.29, 1.82) is 0 Å². The maximum Gasteiger partial charge on any atom is 0.119 e. The molecule has 2 rings (SSSR count). The topological polar surface area (TPSA) is 20.2 Å². The number of hydrogen-bond donors (Lipinski definition) is 1. The van der Waals surface area contributed by atoms with Gasteiger partial charge in [-0.2, -0.15) is 0 Å². The van der Waals surface area contributed by atoms with Gasteiger partial charge in [-0.3, -0.25) is 0 Å². The molecule has 0 unspecified atom stereocenters. The second kappa shape index (κ2) is 4.73. The molecule has 0 spiro atoms. The van der Waals surface area contributed by atoms with E-state index in [1.54, 1.807) is 6.07 Å². The Labute approximate surface area is 115 Å². The first-order valence-corrected chi connectivity index (χ1v) is 6.71. The predicted octanol–water partition coefficient (Wildman–Crippen LogP) is 4.64. The van der Waals surface area contributed by atoms with Crippen LogP contribution in [0.3, 0.4) is 0 Å². The smallest absolute Gasteiger partial charge is 0.119 e. The van der Waals surface area contributed by atoms with Crippen molar-refractivity contribution in [1.82, 2.24) is 0 Å². The lowest BCUT2D eigenvalue weighted by atomic mass is 9.74. The SMILES string of the molecule is Cc1ccc(C(C)(C)c2ccccc2O)c(C)c1C. The van der Waals surface area contributed by atoms with Crippen LogP contribution in [0.15, 0.2) is 36.4 Å². The van der Waals surface area contributed by atoms with Gasteiger partial charge in [-0.25, -0.2) is 0 Å². The number of benzene rings is 2. The van der Waals surface area contributed by atoms with Crippen LogP contribution in [0.25, 0.3) is 0 Å². The molecule has 0 amide bonds. The highest BCUT2D eigenvalue weighted by molar-refractivity contribution is 5.50. The van der Waals surface area contributed by atoms with Crippen LogP contribution in [-0.2, 0) is 5.41 Å². The highest BCUT2D eigenvalue weighted by atomic mass is 16.3. The van der Waals surface area contributed by atoms with E-state index in [1.807, 2.05) is 18.2 Å². The molecule has 0 saturated heterocycles.